The zero-order valence-electron chi connectivity index (χ0n) is 26.6. The van der Waals surface area contributed by atoms with Gasteiger partial charge in [0.15, 0.2) is 0 Å². The normalized spacial score (nSPS) is 16.8. The van der Waals surface area contributed by atoms with Gasteiger partial charge in [0.05, 0.1) is 7.11 Å². The Bertz CT molecular complexity index is 917. The van der Waals surface area contributed by atoms with E-state index in [9.17, 15) is 18.0 Å². The summed E-state index contributed by atoms with van der Waals surface area (Å²) in [6.45, 7) is 17.7. The fourth-order valence-electron chi connectivity index (χ4n) is 4.88. The first-order chi connectivity index (χ1) is 20.3. The van der Waals surface area contributed by atoms with E-state index in [-0.39, 0.29) is 23.4 Å². The molecule has 240 valence electrons. The number of halogens is 3. The van der Waals surface area contributed by atoms with E-state index < -0.39 is 5.51 Å². The van der Waals surface area contributed by atoms with Crippen LogP contribution in [0.15, 0.2) is 48.2 Å². The van der Waals surface area contributed by atoms with Gasteiger partial charge in [-0.05, 0) is 67.9 Å². The van der Waals surface area contributed by atoms with Crippen molar-refractivity contribution in [3.8, 4) is 5.75 Å². The van der Waals surface area contributed by atoms with Gasteiger partial charge in [0.1, 0.15) is 5.75 Å². The van der Waals surface area contributed by atoms with Crippen molar-refractivity contribution in [3.05, 3.63) is 48.2 Å². The topological polar surface area (TPSA) is 39.3 Å². The molecule has 2 aliphatic heterocycles. The highest BCUT2D eigenvalue weighted by molar-refractivity contribution is 8.00. The highest BCUT2D eigenvalue weighted by Gasteiger charge is 2.27. The number of thioether (sulfide) groups is 1. The summed E-state index contributed by atoms with van der Waals surface area (Å²) in [5.74, 6) is 0.962. The Kier molecular flexibility index (Phi) is 19.2. The fraction of sp³-hybridized carbons (Fsp3) is 0.656. The van der Waals surface area contributed by atoms with Gasteiger partial charge in [-0.3, -0.25) is 9.69 Å². The molecular formula is C32H53F3N4O2S. The summed E-state index contributed by atoms with van der Waals surface area (Å²) < 4.78 is 42.5. The molecule has 2 heterocycles. The molecular weight excluding hydrogens is 561 g/mol. The number of amides is 1. The summed E-state index contributed by atoms with van der Waals surface area (Å²) >= 11 is -0.0288. The maximum Gasteiger partial charge on any atom is 0.442 e. The van der Waals surface area contributed by atoms with Crippen molar-refractivity contribution >= 4 is 23.4 Å². The highest BCUT2D eigenvalue weighted by atomic mass is 32.2. The van der Waals surface area contributed by atoms with Crippen molar-refractivity contribution in [2.24, 2.45) is 0 Å². The van der Waals surface area contributed by atoms with Gasteiger partial charge in [0.2, 0.25) is 5.91 Å². The molecule has 42 heavy (non-hydrogen) atoms. The first-order valence-corrected chi connectivity index (χ1v) is 16.5. The van der Waals surface area contributed by atoms with Crippen molar-refractivity contribution in [2.45, 2.75) is 65.8 Å². The van der Waals surface area contributed by atoms with Gasteiger partial charge < -0.3 is 19.4 Å². The maximum absolute atomic E-state index is 12.9. The molecule has 1 amide bonds. The van der Waals surface area contributed by atoms with Crippen molar-refractivity contribution < 1.29 is 22.7 Å². The summed E-state index contributed by atoms with van der Waals surface area (Å²) in [4.78, 5) is 21.9. The molecule has 10 heteroatoms. The average molecular weight is 615 g/mol. The van der Waals surface area contributed by atoms with Crippen molar-refractivity contribution in [1.29, 1.82) is 0 Å². The molecule has 0 atom stereocenters. The Morgan fingerprint density at radius 1 is 0.929 bits per heavy atom. The largest absolute Gasteiger partial charge is 0.497 e. The molecule has 3 rings (SSSR count). The van der Waals surface area contributed by atoms with Gasteiger partial charge >= 0.3 is 5.51 Å². The Morgan fingerprint density at radius 2 is 1.55 bits per heavy atom. The van der Waals surface area contributed by atoms with Crippen LogP contribution in [-0.2, 0) is 4.79 Å². The molecule has 0 spiro atoms. The zero-order valence-corrected chi connectivity index (χ0v) is 27.4. The third-order valence-electron chi connectivity index (χ3n) is 6.93. The smallest absolute Gasteiger partial charge is 0.442 e. The summed E-state index contributed by atoms with van der Waals surface area (Å²) in [7, 11) is 1.67. The molecule has 6 nitrogen and oxygen atoms in total. The molecule has 0 bridgehead atoms. The lowest BCUT2D eigenvalue weighted by Gasteiger charge is -2.36. The first-order valence-electron chi connectivity index (χ1n) is 15.5. The number of nitrogens with zero attached hydrogens (tertiary/aromatic N) is 4. The Hall–Kier alpha value is -2.33. The minimum Gasteiger partial charge on any atom is -0.497 e. The number of benzene rings is 1. The standard InChI is InChI=1S/C28H41F3N4O2S.2C2H6/c1-3-7-24(8-5-23-38-28(29,30)31)33-15-6-16-35(22-21-33)27(36)9-4-14-32-17-19-34(20-18-32)25-10-12-26(37-2)13-11-25;2*1-2/h5,7-8,10-13H,3-4,6,9,14-23H2,1-2H3;2*1-2H3/b8-5-,24-7+;;. The second kappa shape index (κ2) is 21.4. The summed E-state index contributed by atoms with van der Waals surface area (Å²) in [6, 6.07) is 8.18. The van der Waals surface area contributed by atoms with Gasteiger partial charge in [-0.15, -0.1) is 0 Å². The molecule has 0 aliphatic carbocycles. The number of anilines is 1. The van der Waals surface area contributed by atoms with E-state index >= 15 is 0 Å². The molecule has 0 radical (unpaired) electrons. The lowest BCUT2D eigenvalue weighted by atomic mass is 10.2. The number of hydrogen-bond acceptors (Lipinski definition) is 6. The van der Waals surface area contributed by atoms with E-state index in [0.29, 0.717) is 19.5 Å². The van der Waals surface area contributed by atoms with Crippen LogP contribution in [0.25, 0.3) is 0 Å². The van der Waals surface area contributed by atoms with Crippen LogP contribution in [0, 0.1) is 0 Å². The quantitative estimate of drug-likeness (QED) is 0.244. The van der Waals surface area contributed by atoms with E-state index in [1.165, 1.54) is 5.69 Å². The van der Waals surface area contributed by atoms with Crippen molar-refractivity contribution in [2.75, 3.05) is 76.7 Å². The van der Waals surface area contributed by atoms with Crippen LogP contribution in [0.5, 0.6) is 5.75 Å². The molecule has 1 aromatic carbocycles. The highest BCUT2D eigenvalue weighted by Crippen LogP contribution is 2.30. The van der Waals surface area contributed by atoms with Gasteiger partial charge in [-0.2, -0.15) is 13.2 Å². The van der Waals surface area contributed by atoms with Gasteiger partial charge in [-0.25, -0.2) is 0 Å². The van der Waals surface area contributed by atoms with Crippen LogP contribution in [0.2, 0.25) is 0 Å². The number of ether oxygens (including phenoxy) is 1. The number of alkyl halides is 3. The molecule has 2 aliphatic rings. The van der Waals surface area contributed by atoms with E-state index in [2.05, 4.69) is 26.8 Å². The maximum atomic E-state index is 12.9. The number of carbonyl (C=O) groups excluding carboxylic acids is 1. The number of methoxy groups -OCH3 is 1. The fourth-order valence-corrected chi connectivity index (χ4v) is 5.26. The average Bonchev–Trinajstić information content (AvgIpc) is 3.27. The van der Waals surface area contributed by atoms with E-state index in [1.54, 1.807) is 19.3 Å². The SMILES string of the molecule is CC.CC.CC/C=C(\C=C/CSC(F)(F)F)N1CCCN(C(=O)CCCN2CCN(c3ccc(OC)cc3)CC2)CC1. The van der Waals surface area contributed by atoms with Crippen LogP contribution < -0.4 is 9.64 Å². The minimum atomic E-state index is -4.21. The summed E-state index contributed by atoms with van der Waals surface area (Å²) in [5, 5.41) is 0. The molecule has 0 saturated carbocycles. The monoisotopic (exact) mass is 614 g/mol. The number of piperazine rings is 1. The molecule has 2 fully saturated rings. The third kappa shape index (κ3) is 14.2. The summed E-state index contributed by atoms with van der Waals surface area (Å²) in [5.41, 5.74) is -2.06. The van der Waals surface area contributed by atoms with Crippen LogP contribution in [0.1, 0.15) is 60.3 Å². The molecule has 1 aromatic rings. The van der Waals surface area contributed by atoms with Crippen LogP contribution in [-0.4, -0.2) is 97.9 Å². The lowest BCUT2D eigenvalue weighted by molar-refractivity contribution is -0.131. The van der Waals surface area contributed by atoms with Crippen molar-refractivity contribution in [1.82, 2.24) is 14.7 Å². The van der Waals surface area contributed by atoms with Gasteiger partial charge in [0.25, 0.3) is 0 Å². The lowest BCUT2D eigenvalue weighted by Crippen LogP contribution is -2.46. The number of rotatable bonds is 11. The third-order valence-corrected chi connectivity index (χ3v) is 7.62. The minimum absolute atomic E-state index is 0.0288. The predicted octanol–water partition coefficient (Wildman–Crippen LogP) is 7.29. The van der Waals surface area contributed by atoms with Crippen LogP contribution in [0.3, 0.4) is 0 Å². The zero-order chi connectivity index (χ0) is 31.4. The Labute approximate surface area is 256 Å². The molecule has 0 aromatic heterocycles. The molecule has 0 unspecified atom stereocenters. The number of allylic oxidation sites excluding steroid dienone is 2. The first kappa shape index (κ1) is 37.7. The molecule has 0 N–H and O–H groups in total. The predicted molar refractivity (Wildman–Crippen MR) is 172 cm³/mol. The second-order valence-corrected chi connectivity index (χ2v) is 10.6. The Balaban J connectivity index is 0.00000211. The molecule has 2 saturated heterocycles. The van der Waals surface area contributed by atoms with Crippen LogP contribution in [0.4, 0.5) is 18.9 Å². The second-order valence-electron chi connectivity index (χ2n) is 9.55. The van der Waals surface area contributed by atoms with E-state index in [1.807, 2.05) is 57.7 Å². The van der Waals surface area contributed by atoms with Crippen LogP contribution >= 0.6 is 11.8 Å². The number of carbonyl (C=O) groups is 1. The summed E-state index contributed by atoms with van der Waals surface area (Å²) in [6.07, 6.45) is 8.46. The van der Waals surface area contributed by atoms with Gasteiger partial charge in [-0.1, -0.05) is 46.8 Å². The number of hydrogen-bond donors (Lipinski definition) is 0. The van der Waals surface area contributed by atoms with Gasteiger partial charge in [0, 0.05) is 75.9 Å². The van der Waals surface area contributed by atoms with E-state index in [4.69, 9.17) is 4.74 Å². The van der Waals surface area contributed by atoms with Crippen molar-refractivity contribution in [3.63, 3.8) is 0 Å². The Morgan fingerprint density at radius 3 is 2.14 bits per heavy atom. The van der Waals surface area contributed by atoms with E-state index in [0.717, 1.165) is 76.5 Å².